The Morgan fingerprint density at radius 2 is 1.92 bits per heavy atom. The summed E-state index contributed by atoms with van der Waals surface area (Å²) < 4.78 is 24.6. The Balaban J connectivity index is 2.64. The van der Waals surface area contributed by atoms with Crippen molar-refractivity contribution in [1.29, 1.82) is 0 Å². The fourth-order valence-electron chi connectivity index (χ4n) is 2.32. The Hall–Kier alpha value is -2.03. The lowest BCUT2D eigenvalue weighted by molar-refractivity contribution is 0.236. The van der Waals surface area contributed by atoms with Gasteiger partial charge in [0.15, 0.2) is 9.84 Å². The van der Waals surface area contributed by atoms with Crippen molar-refractivity contribution in [3.8, 4) is 17.6 Å². The summed E-state index contributed by atoms with van der Waals surface area (Å²) in [6, 6.07) is 4.21. The Labute approximate surface area is 157 Å². The monoisotopic (exact) mass is 376 g/mol. The second kappa shape index (κ2) is 10.2. The number of hydrogen-bond donors (Lipinski definition) is 2. The molecule has 0 saturated heterocycles. The number of benzene rings is 1. The fraction of sp³-hybridized carbons (Fsp3) is 0.429. The van der Waals surface area contributed by atoms with Crippen molar-refractivity contribution >= 4 is 9.84 Å². The van der Waals surface area contributed by atoms with Crippen LogP contribution < -0.4 is 0 Å². The number of sulfone groups is 1. The maximum Gasteiger partial charge on any atom is 0.189 e. The van der Waals surface area contributed by atoms with Crippen LogP contribution in [0.2, 0.25) is 0 Å². The normalized spacial score (nSPS) is 12.9. The third-order valence-electron chi connectivity index (χ3n) is 3.82. The van der Waals surface area contributed by atoms with Crippen molar-refractivity contribution in [2.75, 3.05) is 5.75 Å². The van der Waals surface area contributed by atoms with Crippen LogP contribution in [0.4, 0.5) is 0 Å². The van der Waals surface area contributed by atoms with Crippen LogP contribution in [0.25, 0.3) is 0 Å². The second-order valence-corrected chi connectivity index (χ2v) is 8.61. The van der Waals surface area contributed by atoms with Crippen LogP contribution in [0.15, 0.2) is 46.4 Å². The van der Waals surface area contributed by atoms with Crippen molar-refractivity contribution in [3.05, 3.63) is 47.1 Å². The van der Waals surface area contributed by atoms with Gasteiger partial charge in [0.05, 0.1) is 4.90 Å². The topological polar surface area (TPSA) is 74.6 Å². The minimum absolute atomic E-state index is 0.0660. The molecule has 0 radical (unpaired) electrons. The molecular formula is C21H28O4S. The highest BCUT2D eigenvalue weighted by atomic mass is 32.2. The molecule has 0 amide bonds. The molecule has 1 rings (SSSR count). The third kappa shape index (κ3) is 7.90. The maximum atomic E-state index is 12.3. The molecule has 0 aliphatic rings. The van der Waals surface area contributed by atoms with Gasteiger partial charge < -0.3 is 10.2 Å². The molecule has 1 aromatic rings. The maximum absolute atomic E-state index is 12.3. The summed E-state index contributed by atoms with van der Waals surface area (Å²) in [7, 11) is -3.63. The van der Waals surface area contributed by atoms with E-state index in [1.54, 1.807) is 13.0 Å². The molecule has 0 heterocycles. The predicted molar refractivity (Wildman–Crippen MR) is 106 cm³/mol. The Kier molecular flexibility index (Phi) is 8.64. The molecule has 0 fully saturated rings. The van der Waals surface area contributed by atoms with Crippen molar-refractivity contribution in [1.82, 2.24) is 0 Å². The van der Waals surface area contributed by atoms with Gasteiger partial charge in [0.2, 0.25) is 0 Å². The second-order valence-electron chi connectivity index (χ2n) is 6.65. The molecule has 26 heavy (non-hydrogen) atoms. The van der Waals surface area contributed by atoms with E-state index in [1.807, 2.05) is 13.0 Å². The molecule has 1 unspecified atom stereocenters. The van der Waals surface area contributed by atoms with Crippen molar-refractivity contribution in [2.24, 2.45) is 0 Å². The zero-order chi connectivity index (χ0) is 19.7. The van der Waals surface area contributed by atoms with Crippen LogP contribution in [0.5, 0.6) is 5.75 Å². The summed E-state index contributed by atoms with van der Waals surface area (Å²) in [5.41, 5.74) is 3.01. The van der Waals surface area contributed by atoms with Crippen LogP contribution in [0.3, 0.4) is 0 Å². The Morgan fingerprint density at radius 3 is 2.58 bits per heavy atom. The fourth-order valence-corrected chi connectivity index (χ4v) is 3.61. The highest BCUT2D eigenvalue weighted by Gasteiger charge is 2.16. The smallest absolute Gasteiger partial charge is 0.189 e. The number of phenols is 1. The van der Waals surface area contributed by atoms with Crippen molar-refractivity contribution in [3.63, 3.8) is 0 Å². The van der Waals surface area contributed by atoms with Gasteiger partial charge in [-0.1, -0.05) is 41.2 Å². The van der Waals surface area contributed by atoms with Gasteiger partial charge in [-0.15, -0.1) is 0 Å². The van der Waals surface area contributed by atoms with Crippen LogP contribution in [0, 0.1) is 18.8 Å². The molecule has 4 nitrogen and oxygen atoms in total. The molecule has 1 aromatic carbocycles. The predicted octanol–water partition coefficient (Wildman–Crippen LogP) is 3.92. The highest BCUT2D eigenvalue weighted by molar-refractivity contribution is 7.91. The van der Waals surface area contributed by atoms with E-state index >= 15 is 0 Å². The molecule has 0 aromatic heterocycles. The highest BCUT2D eigenvalue weighted by Crippen LogP contribution is 2.21. The number of rotatable bonds is 7. The zero-order valence-electron chi connectivity index (χ0n) is 15.9. The lowest BCUT2D eigenvalue weighted by atomic mass is 10.1. The lowest BCUT2D eigenvalue weighted by Crippen LogP contribution is -2.08. The summed E-state index contributed by atoms with van der Waals surface area (Å²) >= 11 is 0. The zero-order valence-corrected chi connectivity index (χ0v) is 16.7. The Morgan fingerprint density at radius 1 is 1.23 bits per heavy atom. The average Bonchev–Trinajstić information content (AvgIpc) is 2.54. The van der Waals surface area contributed by atoms with E-state index in [0.29, 0.717) is 12.0 Å². The first-order valence-electron chi connectivity index (χ1n) is 8.59. The summed E-state index contributed by atoms with van der Waals surface area (Å²) in [6.07, 6.45) is 5.48. The first-order chi connectivity index (χ1) is 12.1. The summed E-state index contributed by atoms with van der Waals surface area (Å²) in [5, 5.41) is 19.4. The molecule has 5 heteroatoms. The molecule has 0 bridgehead atoms. The molecule has 0 aliphatic heterocycles. The molecule has 0 aliphatic carbocycles. The van der Waals surface area contributed by atoms with Gasteiger partial charge in [-0.2, -0.15) is 0 Å². The minimum Gasteiger partial charge on any atom is -0.508 e. The van der Waals surface area contributed by atoms with Gasteiger partial charge in [0.1, 0.15) is 17.6 Å². The van der Waals surface area contributed by atoms with E-state index < -0.39 is 21.7 Å². The van der Waals surface area contributed by atoms with Gasteiger partial charge >= 0.3 is 0 Å². The van der Waals surface area contributed by atoms with E-state index in [0.717, 1.165) is 12.8 Å². The molecule has 1 atom stereocenters. The van der Waals surface area contributed by atoms with Crippen LogP contribution in [-0.4, -0.2) is 30.5 Å². The summed E-state index contributed by atoms with van der Waals surface area (Å²) in [4.78, 5) is 0.0660. The number of aliphatic hydroxyl groups excluding tert-OH is 1. The van der Waals surface area contributed by atoms with E-state index in [-0.39, 0.29) is 10.6 Å². The summed E-state index contributed by atoms with van der Waals surface area (Å²) in [5.74, 6) is 4.63. The number of aliphatic hydroxyl groups is 1. The van der Waals surface area contributed by atoms with Crippen LogP contribution >= 0.6 is 0 Å². The van der Waals surface area contributed by atoms with E-state index in [4.69, 9.17) is 0 Å². The Bertz CT molecular complexity index is 832. The van der Waals surface area contributed by atoms with Gasteiger partial charge in [-0.25, -0.2) is 8.42 Å². The largest absolute Gasteiger partial charge is 0.508 e. The molecule has 0 saturated carbocycles. The summed E-state index contributed by atoms with van der Waals surface area (Å²) in [6.45, 7) is 7.79. The number of aromatic hydroxyl groups is 1. The van der Waals surface area contributed by atoms with Crippen molar-refractivity contribution in [2.45, 2.75) is 58.0 Å². The third-order valence-corrected chi connectivity index (χ3v) is 5.45. The van der Waals surface area contributed by atoms with Gasteiger partial charge in [-0.3, -0.25) is 0 Å². The van der Waals surface area contributed by atoms with E-state index in [2.05, 4.69) is 31.8 Å². The van der Waals surface area contributed by atoms with Gasteiger partial charge in [0, 0.05) is 6.42 Å². The minimum atomic E-state index is -3.63. The van der Waals surface area contributed by atoms with Crippen molar-refractivity contribution < 1.29 is 18.6 Å². The molecule has 0 spiro atoms. The average molecular weight is 377 g/mol. The number of aryl methyl sites for hydroxylation is 1. The standard InChI is InChI=1S/C21H28O4S/c1-16(2)7-5-8-17(3)10-12-19(22)9-6-14-26(24,25)21-15-20(23)13-11-18(21)4/h7,10-11,13,15,19,22-23H,5,8,12,14H2,1-4H3. The van der Waals surface area contributed by atoms with Crippen LogP contribution in [-0.2, 0) is 9.84 Å². The van der Waals surface area contributed by atoms with Crippen LogP contribution in [0.1, 0.15) is 45.6 Å². The number of phenolic OH excluding ortho intramolecular Hbond substituents is 1. The van der Waals surface area contributed by atoms with E-state index in [1.165, 1.54) is 23.3 Å². The van der Waals surface area contributed by atoms with E-state index in [9.17, 15) is 18.6 Å². The first-order valence-corrected chi connectivity index (χ1v) is 10.2. The number of hydrogen-bond acceptors (Lipinski definition) is 4. The van der Waals surface area contributed by atoms with Gasteiger partial charge in [-0.05, 0) is 58.2 Å². The quantitative estimate of drug-likeness (QED) is 0.559. The van der Waals surface area contributed by atoms with Gasteiger partial charge in [0.25, 0.3) is 0 Å². The molecule has 142 valence electrons. The SMILES string of the molecule is CC(C)=CCCC(C)=CCC(O)C#CCS(=O)(=O)c1cc(O)ccc1C. The first kappa shape index (κ1) is 22.0. The number of allylic oxidation sites excluding steroid dienone is 3. The molecule has 2 N–H and O–H groups in total. The molecular weight excluding hydrogens is 348 g/mol. The lowest BCUT2D eigenvalue weighted by Gasteiger charge is -2.05.